The smallest absolute Gasteiger partial charge is 0.338 e. The second-order valence-electron chi connectivity index (χ2n) is 8.69. The molecule has 208 valence electrons. The summed E-state index contributed by atoms with van der Waals surface area (Å²) in [6, 6.07) is 13.3. The van der Waals surface area contributed by atoms with Crippen LogP contribution in [0.2, 0.25) is 0 Å². The van der Waals surface area contributed by atoms with Gasteiger partial charge in [-0.25, -0.2) is 19.8 Å². The number of esters is 1. The van der Waals surface area contributed by atoms with E-state index in [-0.39, 0.29) is 17.9 Å². The summed E-state index contributed by atoms with van der Waals surface area (Å²) in [5, 5.41) is 12.3. The van der Waals surface area contributed by atoms with E-state index in [0.717, 1.165) is 33.6 Å². The average molecular weight is 606 g/mol. The molecule has 13 heteroatoms. The van der Waals surface area contributed by atoms with Crippen molar-refractivity contribution in [3.05, 3.63) is 113 Å². The molecular weight excluding hydrogens is 583 g/mol. The molecule has 0 saturated carbocycles. The molecule has 0 bridgehead atoms. The number of carbonyl (C=O) groups excluding carboxylic acids is 1. The Bertz CT molecular complexity index is 1850. The summed E-state index contributed by atoms with van der Waals surface area (Å²) in [6.07, 6.45) is 6.70. The Kier molecular flexibility index (Phi) is 8.47. The standard InChI is InChI=1S/C28H23N5O5S3/c1-4-38-26(35)23-16(2)31-28-32(24(23)18-7-9-19(39-3)10-8-18)25(34)22(41-28)15-17-6-11-21(20(14-17)33(36)37)40-27-29-12-5-13-30-27/h5-15,24H,4H2,1-3H3/b22-15+/t24-/m1/s1. The van der Waals surface area contributed by atoms with Gasteiger partial charge in [0.1, 0.15) is 0 Å². The highest BCUT2D eigenvalue weighted by atomic mass is 32.2. The van der Waals surface area contributed by atoms with E-state index in [2.05, 4.69) is 15.0 Å². The van der Waals surface area contributed by atoms with E-state index in [1.165, 1.54) is 10.6 Å². The summed E-state index contributed by atoms with van der Waals surface area (Å²) in [5.74, 6) is -0.534. The molecule has 4 aromatic rings. The summed E-state index contributed by atoms with van der Waals surface area (Å²) in [6.45, 7) is 3.63. The Morgan fingerprint density at radius 1 is 1.20 bits per heavy atom. The number of nitro benzene ring substituents is 1. The first-order valence-corrected chi connectivity index (χ1v) is 15.2. The summed E-state index contributed by atoms with van der Waals surface area (Å²) < 4.78 is 7.16. The van der Waals surface area contributed by atoms with Crippen LogP contribution in [0.1, 0.15) is 31.0 Å². The van der Waals surface area contributed by atoms with E-state index >= 15 is 0 Å². The Labute approximate surface area is 246 Å². The van der Waals surface area contributed by atoms with Crippen molar-refractivity contribution in [2.75, 3.05) is 12.9 Å². The number of carbonyl (C=O) groups is 1. The zero-order chi connectivity index (χ0) is 29.1. The molecule has 0 fully saturated rings. The number of benzene rings is 2. The van der Waals surface area contributed by atoms with Crippen LogP contribution in [0.3, 0.4) is 0 Å². The lowest BCUT2D eigenvalue weighted by Gasteiger charge is -2.24. The minimum Gasteiger partial charge on any atom is -0.463 e. The van der Waals surface area contributed by atoms with Crippen LogP contribution in [0.25, 0.3) is 6.08 Å². The molecule has 2 aromatic carbocycles. The van der Waals surface area contributed by atoms with Gasteiger partial charge in [-0.2, -0.15) is 0 Å². The third kappa shape index (κ3) is 5.87. The van der Waals surface area contributed by atoms with Crippen LogP contribution < -0.4 is 14.9 Å². The summed E-state index contributed by atoms with van der Waals surface area (Å²) in [4.78, 5) is 53.0. The Hall–Kier alpha value is -4.07. The normalized spacial score (nSPS) is 14.9. The molecule has 0 saturated heterocycles. The van der Waals surface area contributed by atoms with Crippen molar-refractivity contribution < 1.29 is 14.5 Å². The largest absolute Gasteiger partial charge is 0.463 e. The second kappa shape index (κ2) is 12.2. The molecular formula is C28H23N5O5S3. The molecule has 5 rings (SSSR count). The molecule has 0 unspecified atom stereocenters. The van der Waals surface area contributed by atoms with Crippen LogP contribution in [0.5, 0.6) is 0 Å². The number of thiazole rings is 1. The van der Waals surface area contributed by atoms with Gasteiger partial charge in [-0.1, -0.05) is 29.5 Å². The van der Waals surface area contributed by atoms with Crippen molar-refractivity contribution in [3.63, 3.8) is 0 Å². The minimum atomic E-state index is -0.734. The zero-order valence-electron chi connectivity index (χ0n) is 22.1. The highest BCUT2D eigenvalue weighted by Gasteiger charge is 2.33. The maximum absolute atomic E-state index is 13.8. The SMILES string of the molecule is CCOC(=O)C1=C(C)N=c2s/c(=C/c3ccc(Sc4ncccn4)c([N+](=O)[O-])c3)c(=O)n2[C@@H]1c1ccc(SC)cc1. The quantitative estimate of drug-likeness (QED) is 0.0945. The van der Waals surface area contributed by atoms with Gasteiger partial charge in [-0.3, -0.25) is 19.5 Å². The highest BCUT2D eigenvalue weighted by Crippen LogP contribution is 2.34. The fraction of sp³-hybridized carbons (Fsp3) is 0.179. The van der Waals surface area contributed by atoms with Gasteiger partial charge in [0.25, 0.3) is 11.2 Å². The third-order valence-electron chi connectivity index (χ3n) is 6.17. The first-order chi connectivity index (χ1) is 19.8. The molecule has 41 heavy (non-hydrogen) atoms. The molecule has 0 N–H and O–H groups in total. The first-order valence-electron chi connectivity index (χ1n) is 12.4. The predicted molar refractivity (Wildman–Crippen MR) is 158 cm³/mol. The van der Waals surface area contributed by atoms with Crippen molar-refractivity contribution in [3.8, 4) is 0 Å². The summed E-state index contributed by atoms with van der Waals surface area (Å²) in [5.41, 5.74) is 1.49. The lowest BCUT2D eigenvalue weighted by atomic mass is 9.96. The summed E-state index contributed by atoms with van der Waals surface area (Å²) in [7, 11) is 0. The number of rotatable bonds is 8. The molecule has 1 aliphatic rings. The van der Waals surface area contributed by atoms with E-state index in [1.54, 1.807) is 62.3 Å². The van der Waals surface area contributed by atoms with Gasteiger partial charge < -0.3 is 4.74 Å². The van der Waals surface area contributed by atoms with Crippen molar-refractivity contribution in [2.24, 2.45) is 4.99 Å². The van der Waals surface area contributed by atoms with Gasteiger partial charge in [0.2, 0.25) is 0 Å². The van der Waals surface area contributed by atoms with Crippen molar-refractivity contribution in [2.45, 2.75) is 34.8 Å². The van der Waals surface area contributed by atoms with Crippen LogP contribution in [-0.4, -0.2) is 38.3 Å². The summed E-state index contributed by atoms with van der Waals surface area (Å²) >= 11 is 3.83. The minimum absolute atomic E-state index is 0.129. The Morgan fingerprint density at radius 2 is 1.93 bits per heavy atom. The number of thioether (sulfide) groups is 1. The van der Waals surface area contributed by atoms with Crippen molar-refractivity contribution in [1.82, 2.24) is 14.5 Å². The number of hydrogen-bond acceptors (Lipinski definition) is 11. The lowest BCUT2D eigenvalue weighted by molar-refractivity contribution is -0.387. The van der Waals surface area contributed by atoms with E-state index in [0.29, 0.717) is 36.2 Å². The number of fused-ring (bicyclic) bond motifs is 1. The number of nitrogens with zero attached hydrogens (tertiary/aromatic N) is 5. The number of hydrogen-bond donors (Lipinski definition) is 0. The maximum atomic E-state index is 13.8. The molecule has 0 amide bonds. The lowest BCUT2D eigenvalue weighted by Crippen LogP contribution is -2.39. The average Bonchev–Trinajstić information content (AvgIpc) is 3.27. The fourth-order valence-electron chi connectivity index (χ4n) is 4.33. The molecule has 1 atom stereocenters. The van der Waals surface area contributed by atoms with Crippen LogP contribution in [0.15, 0.2) is 96.9 Å². The number of nitro groups is 1. The van der Waals surface area contributed by atoms with Gasteiger partial charge in [-0.05, 0) is 73.3 Å². The van der Waals surface area contributed by atoms with Gasteiger partial charge in [0.05, 0.1) is 38.3 Å². The molecule has 3 heterocycles. The van der Waals surface area contributed by atoms with Crippen LogP contribution in [0, 0.1) is 10.1 Å². The zero-order valence-corrected chi connectivity index (χ0v) is 24.6. The number of aromatic nitrogens is 3. The molecule has 2 aromatic heterocycles. The topological polar surface area (TPSA) is 130 Å². The molecule has 1 aliphatic heterocycles. The Balaban J connectivity index is 1.62. The van der Waals surface area contributed by atoms with Crippen LogP contribution in [0.4, 0.5) is 5.69 Å². The van der Waals surface area contributed by atoms with E-state index in [1.807, 2.05) is 30.5 Å². The van der Waals surface area contributed by atoms with E-state index < -0.39 is 16.9 Å². The van der Waals surface area contributed by atoms with E-state index in [4.69, 9.17) is 4.74 Å². The first kappa shape index (κ1) is 28.5. The van der Waals surface area contributed by atoms with Crippen LogP contribution in [-0.2, 0) is 9.53 Å². The maximum Gasteiger partial charge on any atom is 0.338 e. The molecule has 0 radical (unpaired) electrons. The van der Waals surface area contributed by atoms with Crippen LogP contribution >= 0.6 is 34.9 Å². The van der Waals surface area contributed by atoms with Gasteiger partial charge in [0.15, 0.2) is 9.96 Å². The van der Waals surface area contributed by atoms with Crippen molar-refractivity contribution >= 4 is 52.6 Å². The molecule has 10 nitrogen and oxygen atoms in total. The predicted octanol–water partition coefficient (Wildman–Crippen LogP) is 4.37. The van der Waals surface area contributed by atoms with E-state index in [9.17, 15) is 19.7 Å². The van der Waals surface area contributed by atoms with Gasteiger partial charge >= 0.3 is 5.97 Å². The van der Waals surface area contributed by atoms with Gasteiger partial charge in [-0.15, -0.1) is 11.8 Å². The van der Waals surface area contributed by atoms with Gasteiger partial charge in [0, 0.05) is 23.4 Å². The number of allylic oxidation sites excluding steroid dienone is 1. The third-order valence-corrected chi connectivity index (χ3v) is 8.85. The fourth-order valence-corrected chi connectivity index (χ4v) is 6.59. The molecule has 0 aliphatic carbocycles. The van der Waals surface area contributed by atoms with Crippen molar-refractivity contribution in [1.29, 1.82) is 0 Å². The number of ether oxygens (including phenoxy) is 1. The molecule has 0 spiro atoms. The monoisotopic (exact) mass is 605 g/mol. The Morgan fingerprint density at radius 3 is 2.59 bits per heavy atom. The highest BCUT2D eigenvalue weighted by molar-refractivity contribution is 7.99. The second-order valence-corrected chi connectivity index (χ2v) is 11.6.